The lowest BCUT2D eigenvalue weighted by atomic mass is 10.0. The molecule has 9 heteroatoms. The molecule has 2 aliphatic heterocycles. The van der Waals surface area contributed by atoms with Crippen molar-refractivity contribution in [2.75, 3.05) is 32.5 Å². The van der Waals surface area contributed by atoms with Crippen molar-refractivity contribution in [1.82, 2.24) is 14.8 Å². The van der Waals surface area contributed by atoms with Crippen LogP contribution in [0.4, 0.5) is 4.79 Å². The molecule has 4 rings (SSSR count). The van der Waals surface area contributed by atoms with E-state index < -0.39 is 15.4 Å². The van der Waals surface area contributed by atoms with E-state index in [2.05, 4.69) is 16.0 Å². The zero-order chi connectivity index (χ0) is 26.6. The van der Waals surface area contributed by atoms with Crippen molar-refractivity contribution >= 4 is 15.9 Å². The van der Waals surface area contributed by atoms with Crippen LogP contribution in [0, 0.1) is 0 Å². The van der Waals surface area contributed by atoms with Crippen LogP contribution in [0.1, 0.15) is 52.0 Å². The molecular weight excluding hydrogens is 490 g/mol. The van der Waals surface area contributed by atoms with Crippen molar-refractivity contribution in [1.29, 1.82) is 0 Å². The molecule has 2 fully saturated rings. The van der Waals surface area contributed by atoms with Crippen molar-refractivity contribution in [3.05, 3.63) is 48.2 Å². The Hall–Kier alpha value is -2.49. The average Bonchev–Trinajstić information content (AvgIpc) is 3.36. The topological polar surface area (TPSA) is 89.0 Å². The quantitative estimate of drug-likeness (QED) is 0.521. The lowest BCUT2D eigenvalue weighted by Crippen LogP contribution is -2.49. The Morgan fingerprint density at radius 3 is 2.35 bits per heavy atom. The van der Waals surface area contributed by atoms with Crippen molar-refractivity contribution in [2.24, 2.45) is 0 Å². The number of carbonyl (C=O) groups is 1. The number of piperidine rings is 1. The minimum absolute atomic E-state index is 0.235. The van der Waals surface area contributed by atoms with Gasteiger partial charge in [0.1, 0.15) is 5.60 Å². The third-order valence-corrected chi connectivity index (χ3v) is 8.01. The van der Waals surface area contributed by atoms with Crippen LogP contribution in [0.25, 0.3) is 11.3 Å². The van der Waals surface area contributed by atoms with Gasteiger partial charge in [-0.3, -0.25) is 9.88 Å². The van der Waals surface area contributed by atoms with Crippen molar-refractivity contribution in [3.63, 3.8) is 0 Å². The van der Waals surface area contributed by atoms with Crippen molar-refractivity contribution < 1.29 is 22.7 Å². The maximum absolute atomic E-state index is 12.5. The zero-order valence-electron chi connectivity index (χ0n) is 22.4. The molecule has 37 heavy (non-hydrogen) atoms. The largest absolute Gasteiger partial charge is 0.444 e. The molecule has 2 aromatic rings. The number of carbonyl (C=O) groups excluding carboxylic acids is 1. The van der Waals surface area contributed by atoms with Crippen LogP contribution in [0.2, 0.25) is 0 Å². The molecule has 0 N–H and O–H groups in total. The highest BCUT2D eigenvalue weighted by atomic mass is 32.2. The Balaban J connectivity index is 1.41. The number of ether oxygens (including phenoxy) is 2. The van der Waals surface area contributed by atoms with Crippen LogP contribution in [-0.4, -0.2) is 79.5 Å². The second-order valence-electron chi connectivity index (χ2n) is 11.1. The number of likely N-dealkylation sites (tertiary alicyclic amines) is 1. The molecule has 1 aromatic carbocycles. The summed E-state index contributed by atoms with van der Waals surface area (Å²) in [5, 5.41) is 0. The monoisotopic (exact) mass is 529 g/mol. The van der Waals surface area contributed by atoms with Gasteiger partial charge in [-0.25, -0.2) is 13.2 Å². The Kier molecular flexibility index (Phi) is 8.56. The van der Waals surface area contributed by atoms with E-state index in [0.717, 1.165) is 62.2 Å². The lowest BCUT2D eigenvalue weighted by molar-refractivity contribution is 0.00638. The van der Waals surface area contributed by atoms with Gasteiger partial charge in [0.05, 0.1) is 16.7 Å². The first-order valence-corrected chi connectivity index (χ1v) is 15.0. The SMILES string of the molecule is CC(C)(C)OC(=O)N1CCC(N(Cc2ccc(-c3ccc(S(C)(=O)=O)cc3)nc2)CC2CCCO2)CC1. The third kappa shape index (κ3) is 7.75. The molecule has 0 aliphatic carbocycles. The highest BCUT2D eigenvalue weighted by Gasteiger charge is 2.31. The van der Waals surface area contributed by atoms with Crippen LogP contribution in [0.3, 0.4) is 0 Å². The minimum atomic E-state index is -3.22. The fraction of sp³-hybridized carbons (Fsp3) is 0.571. The van der Waals surface area contributed by atoms with Gasteiger partial charge in [-0.1, -0.05) is 18.2 Å². The fourth-order valence-electron chi connectivity index (χ4n) is 4.93. The van der Waals surface area contributed by atoms with Gasteiger partial charge in [0.2, 0.25) is 0 Å². The molecule has 1 atom stereocenters. The highest BCUT2D eigenvalue weighted by Crippen LogP contribution is 2.25. The molecule has 1 amide bonds. The van der Waals surface area contributed by atoms with Crippen molar-refractivity contribution in [2.45, 2.75) is 75.6 Å². The molecule has 2 saturated heterocycles. The molecule has 0 saturated carbocycles. The molecule has 1 unspecified atom stereocenters. The summed E-state index contributed by atoms with van der Waals surface area (Å²) in [4.78, 5) is 21.8. The summed E-state index contributed by atoms with van der Waals surface area (Å²) >= 11 is 0. The van der Waals surface area contributed by atoms with E-state index in [0.29, 0.717) is 24.0 Å². The number of pyridine rings is 1. The van der Waals surface area contributed by atoms with Crippen LogP contribution in [0.5, 0.6) is 0 Å². The van der Waals surface area contributed by atoms with E-state index in [4.69, 9.17) is 9.47 Å². The second kappa shape index (κ2) is 11.5. The molecule has 0 radical (unpaired) electrons. The number of sulfone groups is 1. The van der Waals surface area contributed by atoms with Gasteiger partial charge in [0.25, 0.3) is 0 Å². The predicted molar refractivity (Wildman–Crippen MR) is 143 cm³/mol. The molecular formula is C28H39N3O5S. The van der Waals surface area contributed by atoms with Gasteiger partial charge in [-0.05, 0) is 70.2 Å². The maximum atomic E-state index is 12.5. The number of nitrogens with zero attached hydrogens (tertiary/aromatic N) is 3. The Morgan fingerprint density at radius 1 is 1.11 bits per heavy atom. The Morgan fingerprint density at radius 2 is 1.81 bits per heavy atom. The first kappa shape index (κ1) is 27.5. The second-order valence-corrected chi connectivity index (χ2v) is 13.1. The van der Waals surface area contributed by atoms with Gasteiger partial charge >= 0.3 is 6.09 Å². The molecule has 202 valence electrons. The third-order valence-electron chi connectivity index (χ3n) is 6.88. The average molecular weight is 530 g/mol. The first-order valence-electron chi connectivity index (χ1n) is 13.1. The summed E-state index contributed by atoms with van der Waals surface area (Å²) < 4.78 is 35.0. The van der Waals surface area contributed by atoms with Crippen LogP contribution in [0.15, 0.2) is 47.5 Å². The van der Waals surface area contributed by atoms with Crippen molar-refractivity contribution in [3.8, 4) is 11.3 Å². The smallest absolute Gasteiger partial charge is 0.410 e. The van der Waals surface area contributed by atoms with E-state index in [1.165, 1.54) is 6.26 Å². The first-order chi connectivity index (χ1) is 17.5. The number of hydrogen-bond acceptors (Lipinski definition) is 7. The molecule has 0 bridgehead atoms. The number of amides is 1. The zero-order valence-corrected chi connectivity index (χ0v) is 23.2. The van der Waals surface area contributed by atoms with Crippen LogP contribution in [-0.2, 0) is 25.9 Å². The Labute approximate surface area is 220 Å². The lowest BCUT2D eigenvalue weighted by Gasteiger charge is -2.39. The molecule has 2 aliphatic rings. The standard InChI is InChI=1S/C28H39N3O5S/c1-28(2,3)36-27(32)30-15-13-23(14-16-30)31(20-24-6-5-17-35-24)19-21-7-12-26(29-18-21)22-8-10-25(11-9-22)37(4,33)34/h7-12,18,23-24H,5-6,13-17,19-20H2,1-4H3. The molecule has 0 spiro atoms. The molecule has 3 heterocycles. The summed E-state index contributed by atoms with van der Waals surface area (Å²) in [7, 11) is -3.22. The number of aromatic nitrogens is 1. The Bertz CT molecular complexity index is 1150. The normalized spacial score (nSPS) is 19.4. The summed E-state index contributed by atoms with van der Waals surface area (Å²) in [6, 6.07) is 11.2. The van der Waals surface area contributed by atoms with E-state index in [-0.39, 0.29) is 12.2 Å². The predicted octanol–water partition coefficient (Wildman–Crippen LogP) is 4.53. The van der Waals surface area contributed by atoms with Gasteiger partial charge in [0.15, 0.2) is 9.84 Å². The maximum Gasteiger partial charge on any atom is 0.410 e. The van der Waals surface area contributed by atoms with Gasteiger partial charge in [0, 0.05) is 56.8 Å². The van der Waals surface area contributed by atoms with Crippen LogP contribution >= 0.6 is 0 Å². The number of rotatable bonds is 7. The summed E-state index contributed by atoms with van der Waals surface area (Å²) in [6.07, 6.45) is 7.08. The number of benzene rings is 1. The summed E-state index contributed by atoms with van der Waals surface area (Å²) in [5.41, 5.74) is 2.31. The van der Waals surface area contributed by atoms with E-state index in [9.17, 15) is 13.2 Å². The van der Waals surface area contributed by atoms with Gasteiger partial charge in [-0.15, -0.1) is 0 Å². The molecule has 1 aromatic heterocycles. The summed E-state index contributed by atoms with van der Waals surface area (Å²) in [5.74, 6) is 0. The van der Waals surface area contributed by atoms with E-state index in [1.807, 2.05) is 37.9 Å². The highest BCUT2D eigenvalue weighted by molar-refractivity contribution is 7.90. The number of hydrogen-bond donors (Lipinski definition) is 0. The van der Waals surface area contributed by atoms with Gasteiger partial charge in [-0.2, -0.15) is 0 Å². The van der Waals surface area contributed by atoms with Gasteiger partial charge < -0.3 is 14.4 Å². The fourth-order valence-corrected chi connectivity index (χ4v) is 5.56. The van der Waals surface area contributed by atoms with E-state index >= 15 is 0 Å². The molecule has 8 nitrogen and oxygen atoms in total. The van der Waals surface area contributed by atoms with Crippen LogP contribution < -0.4 is 0 Å². The minimum Gasteiger partial charge on any atom is -0.444 e. The summed E-state index contributed by atoms with van der Waals surface area (Å²) in [6.45, 7) is 9.50. The van der Waals surface area contributed by atoms with E-state index in [1.54, 1.807) is 24.3 Å².